The molecule has 1 heterocycles. The molecule has 4 nitrogen and oxygen atoms in total. The van der Waals surface area contributed by atoms with Crippen molar-refractivity contribution in [2.45, 2.75) is 24.3 Å². The van der Waals surface area contributed by atoms with Gasteiger partial charge in [-0.05, 0) is 19.9 Å². The highest BCUT2D eigenvalue weighted by Crippen LogP contribution is 2.19. The Labute approximate surface area is 87.1 Å². The zero-order valence-corrected chi connectivity index (χ0v) is 9.17. The molecule has 1 atom stereocenters. The number of hydrogen-bond acceptors (Lipinski definition) is 5. The van der Waals surface area contributed by atoms with Crippen LogP contribution in [0, 0.1) is 6.92 Å². The average Bonchev–Trinajstić information content (AvgIpc) is 2.16. The molecule has 0 radical (unpaired) electrons. The van der Waals surface area contributed by atoms with Crippen LogP contribution in [0.4, 0.5) is 0 Å². The minimum atomic E-state index is -0.276. The van der Waals surface area contributed by atoms with Crippen molar-refractivity contribution in [3.05, 3.63) is 18.0 Å². The van der Waals surface area contributed by atoms with Gasteiger partial charge in [-0.1, -0.05) is 11.8 Å². The van der Waals surface area contributed by atoms with E-state index < -0.39 is 0 Å². The molecule has 76 valence electrons. The van der Waals surface area contributed by atoms with Crippen molar-refractivity contribution in [3.63, 3.8) is 0 Å². The Morgan fingerprint density at radius 2 is 2.36 bits per heavy atom. The Hall–Kier alpha value is -1.10. The summed E-state index contributed by atoms with van der Waals surface area (Å²) in [6, 6.07) is 1.81. The van der Waals surface area contributed by atoms with Crippen LogP contribution in [-0.4, -0.2) is 28.3 Å². The zero-order valence-electron chi connectivity index (χ0n) is 8.35. The molecule has 0 saturated heterocycles. The predicted octanol–water partition coefficient (Wildman–Crippen LogP) is 1.44. The highest BCUT2D eigenvalue weighted by molar-refractivity contribution is 8.00. The highest BCUT2D eigenvalue weighted by atomic mass is 32.2. The number of aryl methyl sites for hydroxylation is 1. The largest absolute Gasteiger partial charge is 0.468 e. The van der Waals surface area contributed by atoms with Crippen molar-refractivity contribution in [1.29, 1.82) is 0 Å². The molecular formula is C9H12N2O2S. The van der Waals surface area contributed by atoms with Crippen molar-refractivity contribution >= 4 is 17.7 Å². The maximum atomic E-state index is 11.1. The minimum Gasteiger partial charge on any atom is -0.468 e. The van der Waals surface area contributed by atoms with Crippen LogP contribution in [-0.2, 0) is 9.53 Å². The van der Waals surface area contributed by atoms with Crippen LogP contribution >= 0.6 is 11.8 Å². The third-order valence-corrected chi connectivity index (χ3v) is 2.54. The Morgan fingerprint density at radius 1 is 1.64 bits per heavy atom. The third kappa shape index (κ3) is 2.99. The number of rotatable bonds is 3. The van der Waals surface area contributed by atoms with E-state index in [1.807, 2.05) is 13.0 Å². The van der Waals surface area contributed by atoms with Gasteiger partial charge in [0, 0.05) is 11.9 Å². The van der Waals surface area contributed by atoms with Gasteiger partial charge in [0.25, 0.3) is 0 Å². The molecule has 0 aliphatic carbocycles. The van der Waals surface area contributed by atoms with Gasteiger partial charge in [-0.2, -0.15) is 0 Å². The Balaban J connectivity index is 2.64. The molecule has 0 saturated carbocycles. The van der Waals surface area contributed by atoms with Crippen molar-refractivity contribution in [2.24, 2.45) is 0 Å². The van der Waals surface area contributed by atoms with E-state index in [4.69, 9.17) is 0 Å². The Kier molecular flexibility index (Phi) is 3.88. The summed E-state index contributed by atoms with van der Waals surface area (Å²) in [5.41, 5.74) is 0.888. The van der Waals surface area contributed by atoms with Gasteiger partial charge in [0.05, 0.1) is 7.11 Å². The first-order valence-electron chi connectivity index (χ1n) is 4.17. The summed E-state index contributed by atoms with van der Waals surface area (Å²) in [5.74, 6) is -0.264. The SMILES string of the molecule is COC(=O)C(C)Sc1nccc(C)n1. The number of esters is 1. The Morgan fingerprint density at radius 3 is 2.93 bits per heavy atom. The second kappa shape index (κ2) is 4.95. The fourth-order valence-electron chi connectivity index (χ4n) is 0.855. The van der Waals surface area contributed by atoms with Crippen LogP contribution in [0.1, 0.15) is 12.6 Å². The lowest BCUT2D eigenvalue weighted by Gasteiger charge is -2.06. The average molecular weight is 212 g/mol. The highest BCUT2D eigenvalue weighted by Gasteiger charge is 2.15. The molecule has 1 aromatic rings. The van der Waals surface area contributed by atoms with E-state index in [-0.39, 0.29) is 11.2 Å². The van der Waals surface area contributed by atoms with E-state index >= 15 is 0 Å². The number of aromatic nitrogens is 2. The second-order valence-corrected chi connectivity index (χ2v) is 4.07. The van der Waals surface area contributed by atoms with E-state index in [9.17, 15) is 4.79 Å². The van der Waals surface area contributed by atoms with Gasteiger partial charge >= 0.3 is 5.97 Å². The van der Waals surface area contributed by atoms with Crippen molar-refractivity contribution in [2.75, 3.05) is 7.11 Å². The van der Waals surface area contributed by atoms with E-state index in [2.05, 4.69) is 14.7 Å². The molecule has 0 aliphatic heterocycles. The molecule has 0 N–H and O–H groups in total. The quantitative estimate of drug-likeness (QED) is 0.431. The van der Waals surface area contributed by atoms with Gasteiger partial charge < -0.3 is 4.74 Å². The van der Waals surface area contributed by atoms with E-state index in [1.165, 1.54) is 18.9 Å². The molecule has 1 rings (SSSR count). The topological polar surface area (TPSA) is 52.1 Å². The molecule has 0 fully saturated rings. The van der Waals surface area contributed by atoms with Gasteiger partial charge in [-0.25, -0.2) is 9.97 Å². The smallest absolute Gasteiger partial charge is 0.318 e. The summed E-state index contributed by atoms with van der Waals surface area (Å²) < 4.78 is 4.60. The lowest BCUT2D eigenvalue weighted by molar-refractivity contribution is -0.139. The van der Waals surface area contributed by atoms with Crippen LogP contribution in [0.15, 0.2) is 17.4 Å². The molecule has 0 aromatic carbocycles. The maximum Gasteiger partial charge on any atom is 0.318 e. The second-order valence-electron chi connectivity index (χ2n) is 2.76. The molecule has 0 spiro atoms. The Bertz CT molecular complexity index is 330. The molecule has 0 bridgehead atoms. The molecular weight excluding hydrogens is 200 g/mol. The zero-order chi connectivity index (χ0) is 10.6. The van der Waals surface area contributed by atoms with Gasteiger partial charge in [0.2, 0.25) is 0 Å². The summed E-state index contributed by atoms with van der Waals surface area (Å²) in [6.07, 6.45) is 1.68. The number of methoxy groups -OCH3 is 1. The summed E-state index contributed by atoms with van der Waals surface area (Å²) in [7, 11) is 1.37. The van der Waals surface area contributed by atoms with Crippen LogP contribution < -0.4 is 0 Å². The van der Waals surface area contributed by atoms with Gasteiger partial charge in [0.1, 0.15) is 5.25 Å². The molecule has 0 aliphatic rings. The van der Waals surface area contributed by atoms with Crippen molar-refractivity contribution in [1.82, 2.24) is 9.97 Å². The number of thioether (sulfide) groups is 1. The summed E-state index contributed by atoms with van der Waals surface area (Å²) in [5, 5.41) is 0.324. The number of hydrogen-bond donors (Lipinski definition) is 0. The lowest BCUT2D eigenvalue weighted by Crippen LogP contribution is -2.15. The van der Waals surface area contributed by atoms with Gasteiger partial charge in [-0.15, -0.1) is 0 Å². The molecule has 14 heavy (non-hydrogen) atoms. The van der Waals surface area contributed by atoms with Crippen LogP contribution in [0.25, 0.3) is 0 Å². The van der Waals surface area contributed by atoms with Crippen LogP contribution in [0.2, 0.25) is 0 Å². The van der Waals surface area contributed by atoms with E-state index in [1.54, 1.807) is 13.1 Å². The fourth-order valence-corrected chi connectivity index (χ4v) is 1.68. The molecule has 5 heteroatoms. The molecule has 1 unspecified atom stereocenters. The van der Waals surface area contributed by atoms with Crippen molar-refractivity contribution in [3.8, 4) is 0 Å². The number of carbonyl (C=O) groups excluding carboxylic acids is 1. The standard InChI is InChI=1S/C9H12N2O2S/c1-6-4-5-10-9(11-6)14-7(2)8(12)13-3/h4-5,7H,1-3H3. The van der Waals surface area contributed by atoms with Crippen molar-refractivity contribution < 1.29 is 9.53 Å². The first kappa shape index (κ1) is 11.0. The number of nitrogens with zero attached hydrogens (tertiary/aromatic N) is 2. The minimum absolute atomic E-state index is 0.264. The van der Waals surface area contributed by atoms with Gasteiger partial charge in [0.15, 0.2) is 5.16 Å². The summed E-state index contributed by atoms with van der Waals surface area (Å²) >= 11 is 1.29. The summed E-state index contributed by atoms with van der Waals surface area (Å²) in [4.78, 5) is 19.3. The number of carbonyl (C=O) groups is 1. The normalized spacial score (nSPS) is 12.2. The lowest BCUT2D eigenvalue weighted by atomic mass is 10.5. The first-order valence-corrected chi connectivity index (χ1v) is 5.05. The van der Waals surface area contributed by atoms with Gasteiger partial charge in [-0.3, -0.25) is 4.79 Å². The van der Waals surface area contributed by atoms with Crippen LogP contribution in [0.5, 0.6) is 0 Å². The first-order chi connectivity index (χ1) is 6.63. The molecule has 0 amide bonds. The predicted molar refractivity (Wildman–Crippen MR) is 54.1 cm³/mol. The van der Waals surface area contributed by atoms with E-state index in [0.29, 0.717) is 5.16 Å². The fraction of sp³-hybridized carbons (Fsp3) is 0.444. The maximum absolute atomic E-state index is 11.1. The van der Waals surface area contributed by atoms with E-state index in [0.717, 1.165) is 5.69 Å². The third-order valence-electron chi connectivity index (χ3n) is 1.59. The van der Waals surface area contributed by atoms with Crippen LogP contribution in [0.3, 0.4) is 0 Å². The monoisotopic (exact) mass is 212 g/mol. The summed E-state index contributed by atoms with van der Waals surface area (Å²) in [6.45, 7) is 3.65. The molecule has 1 aromatic heterocycles. The number of ether oxygens (including phenoxy) is 1.